The van der Waals surface area contributed by atoms with Gasteiger partial charge in [-0.15, -0.1) is 0 Å². The van der Waals surface area contributed by atoms with Gasteiger partial charge in [-0.1, -0.05) is 37.3 Å². The van der Waals surface area contributed by atoms with Crippen molar-refractivity contribution in [2.45, 2.75) is 33.6 Å². The van der Waals surface area contributed by atoms with Gasteiger partial charge in [0, 0.05) is 24.3 Å². The average Bonchev–Trinajstić information content (AvgIpc) is 3.00. The minimum Gasteiger partial charge on any atom is -0.326 e. The minimum atomic E-state index is -0.322. The van der Waals surface area contributed by atoms with Crippen LogP contribution in [0, 0.1) is 19.8 Å². The molecule has 130 valence electrons. The maximum atomic E-state index is 12.7. The van der Waals surface area contributed by atoms with E-state index in [1.54, 1.807) is 4.90 Å². The number of hydrogen-bond donors (Lipinski definition) is 1. The zero-order valence-electron chi connectivity index (χ0n) is 15.0. The van der Waals surface area contributed by atoms with Crippen LogP contribution in [0.25, 0.3) is 0 Å². The van der Waals surface area contributed by atoms with Crippen molar-refractivity contribution in [2.24, 2.45) is 5.92 Å². The van der Waals surface area contributed by atoms with Gasteiger partial charge in [-0.3, -0.25) is 9.59 Å². The van der Waals surface area contributed by atoms with Gasteiger partial charge in [0.25, 0.3) is 0 Å². The summed E-state index contributed by atoms with van der Waals surface area (Å²) in [5, 5.41) is 3.00. The van der Waals surface area contributed by atoms with Crippen molar-refractivity contribution in [3.8, 4) is 0 Å². The van der Waals surface area contributed by atoms with Crippen molar-refractivity contribution in [3.05, 3.63) is 59.2 Å². The Balaban J connectivity index is 1.76. The predicted octanol–water partition coefficient (Wildman–Crippen LogP) is 3.86. The molecule has 0 saturated carbocycles. The van der Waals surface area contributed by atoms with E-state index in [4.69, 9.17) is 0 Å². The molecular formula is C21H24N2O2. The number of carbonyl (C=O) groups excluding carboxylic acids is 2. The third-order valence-electron chi connectivity index (χ3n) is 5.02. The minimum absolute atomic E-state index is 0.0158. The van der Waals surface area contributed by atoms with E-state index in [0.29, 0.717) is 6.54 Å². The van der Waals surface area contributed by atoms with Crippen LogP contribution in [0.3, 0.4) is 0 Å². The molecule has 4 heteroatoms. The molecule has 0 bridgehead atoms. The van der Waals surface area contributed by atoms with E-state index < -0.39 is 0 Å². The van der Waals surface area contributed by atoms with Crippen LogP contribution in [0.4, 0.5) is 11.4 Å². The highest BCUT2D eigenvalue weighted by atomic mass is 16.2. The van der Waals surface area contributed by atoms with Crippen molar-refractivity contribution in [1.29, 1.82) is 0 Å². The number of para-hydroxylation sites is 1. The molecule has 1 aliphatic rings. The summed E-state index contributed by atoms with van der Waals surface area (Å²) in [5.41, 5.74) is 5.08. The fourth-order valence-corrected chi connectivity index (χ4v) is 3.31. The van der Waals surface area contributed by atoms with E-state index in [1.807, 2.05) is 56.3 Å². The number of rotatable bonds is 4. The maximum absolute atomic E-state index is 12.7. The Labute approximate surface area is 148 Å². The van der Waals surface area contributed by atoms with E-state index in [9.17, 15) is 9.59 Å². The van der Waals surface area contributed by atoms with Gasteiger partial charge in [0.05, 0.1) is 5.92 Å². The van der Waals surface area contributed by atoms with Crippen LogP contribution in [-0.2, 0) is 16.0 Å². The van der Waals surface area contributed by atoms with Crippen LogP contribution in [-0.4, -0.2) is 18.4 Å². The summed E-state index contributed by atoms with van der Waals surface area (Å²) < 4.78 is 0. The lowest BCUT2D eigenvalue weighted by Gasteiger charge is -2.20. The van der Waals surface area contributed by atoms with Crippen molar-refractivity contribution in [1.82, 2.24) is 0 Å². The van der Waals surface area contributed by atoms with Crippen molar-refractivity contribution in [3.63, 3.8) is 0 Å². The molecule has 4 nitrogen and oxygen atoms in total. The lowest BCUT2D eigenvalue weighted by Crippen LogP contribution is -2.29. The zero-order valence-corrected chi connectivity index (χ0v) is 15.0. The number of aryl methyl sites for hydroxylation is 2. The quantitative estimate of drug-likeness (QED) is 0.922. The fourth-order valence-electron chi connectivity index (χ4n) is 3.31. The third kappa shape index (κ3) is 3.43. The van der Waals surface area contributed by atoms with Gasteiger partial charge in [-0.05, 0) is 49.1 Å². The van der Waals surface area contributed by atoms with E-state index in [1.165, 1.54) is 0 Å². The molecule has 0 spiro atoms. The maximum Gasteiger partial charge on any atom is 0.229 e. The number of hydrogen-bond acceptors (Lipinski definition) is 2. The van der Waals surface area contributed by atoms with Crippen LogP contribution in [0.1, 0.15) is 30.0 Å². The van der Waals surface area contributed by atoms with Gasteiger partial charge in [-0.25, -0.2) is 0 Å². The van der Waals surface area contributed by atoms with E-state index >= 15 is 0 Å². The van der Waals surface area contributed by atoms with Gasteiger partial charge < -0.3 is 10.2 Å². The molecule has 2 aromatic rings. The number of nitrogens with zero attached hydrogens (tertiary/aromatic N) is 1. The summed E-state index contributed by atoms with van der Waals surface area (Å²) >= 11 is 0. The molecule has 2 amide bonds. The van der Waals surface area contributed by atoms with Crippen molar-refractivity contribution >= 4 is 23.2 Å². The molecule has 1 aliphatic heterocycles. The number of anilines is 2. The Morgan fingerprint density at radius 2 is 1.92 bits per heavy atom. The van der Waals surface area contributed by atoms with E-state index in [2.05, 4.69) is 12.2 Å². The average molecular weight is 336 g/mol. The predicted molar refractivity (Wildman–Crippen MR) is 101 cm³/mol. The van der Waals surface area contributed by atoms with Gasteiger partial charge in [-0.2, -0.15) is 0 Å². The first-order chi connectivity index (χ1) is 12.0. The molecule has 0 radical (unpaired) electrons. The first-order valence-corrected chi connectivity index (χ1v) is 8.76. The second kappa shape index (κ2) is 7.09. The summed E-state index contributed by atoms with van der Waals surface area (Å²) in [7, 11) is 0. The summed E-state index contributed by atoms with van der Waals surface area (Å²) in [5.74, 6) is -0.391. The smallest absolute Gasteiger partial charge is 0.229 e. The number of amides is 2. The molecule has 0 aromatic heterocycles. The zero-order chi connectivity index (χ0) is 18.0. The molecule has 1 saturated heterocycles. The Kier molecular flexibility index (Phi) is 4.88. The van der Waals surface area contributed by atoms with Crippen LogP contribution >= 0.6 is 0 Å². The Morgan fingerprint density at radius 3 is 2.68 bits per heavy atom. The van der Waals surface area contributed by atoms with Crippen LogP contribution in [0.2, 0.25) is 0 Å². The highest BCUT2D eigenvalue weighted by Crippen LogP contribution is 2.29. The molecule has 1 N–H and O–H groups in total. The lowest BCUT2D eigenvalue weighted by atomic mass is 10.1. The van der Waals surface area contributed by atoms with Gasteiger partial charge in [0.2, 0.25) is 11.8 Å². The Bertz CT molecular complexity index is 813. The Morgan fingerprint density at radius 1 is 1.16 bits per heavy atom. The van der Waals surface area contributed by atoms with Gasteiger partial charge in [0.15, 0.2) is 0 Å². The molecule has 2 aromatic carbocycles. The molecule has 1 fully saturated rings. The third-order valence-corrected chi connectivity index (χ3v) is 5.02. The van der Waals surface area contributed by atoms with Crippen molar-refractivity contribution < 1.29 is 9.59 Å². The normalized spacial score (nSPS) is 17.0. The van der Waals surface area contributed by atoms with Crippen LogP contribution in [0.15, 0.2) is 42.5 Å². The number of carbonyl (C=O) groups is 2. The first-order valence-electron chi connectivity index (χ1n) is 8.76. The Hall–Kier alpha value is -2.62. The lowest BCUT2D eigenvalue weighted by molar-refractivity contribution is -0.122. The monoisotopic (exact) mass is 336 g/mol. The molecule has 1 atom stereocenters. The second-order valence-corrected chi connectivity index (χ2v) is 6.62. The highest BCUT2D eigenvalue weighted by Gasteiger charge is 2.35. The summed E-state index contributed by atoms with van der Waals surface area (Å²) in [6, 6.07) is 13.8. The molecule has 0 aliphatic carbocycles. The van der Waals surface area contributed by atoms with Gasteiger partial charge >= 0.3 is 0 Å². The van der Waals surface area contributed by atoms with E-state index in [-0.39, 0.29) is 24.2 Å². The summed E-state index contributed by atoms with van der Waals surface area (Å²) in [6.07, 6.45) is 1.12. The SMILES string of the molecule is CCc1ccccc1N1CC(C(=O)Nc2cccc(C)c2C)CC1=O. The summed E-state index contributed by atoms with van der Waals surface area (Å²) in [6.45, 7) is 6.53. The van der Waals surface area contributed by atoms with Crippen LogP contribution in [0.5, 0.6) is 0 Å². The largest absolute Gasteiger partial charge is 0.326 e. The highest BCUT2D eigenvalue weighted by molar-refractivity contribution is 6.04. The summed E-state index contributed by atoms with van der Waals surface area (Å²) in [4.78, 5) is 26.9. The second-order valence-electron chi connectivity index (χ2n) is 6.62. The standard InChI is InChI=1S/C21H24N2O2/c1-4-16-9-5-6-11-19(16)23-13-17(12-20(23)24)21(25)22-18-10-7-8-14(2)15(18)3/h5-11,17H,4,12-13H2,1-3H3,(H,22,25). The van der Waals surface area contributed by atoms with Crippen molar-refractivity contribution in [2.75, 3.05) is 16.8 Å². The molecule has 3 rings (SSSR count). The van der Waals surface area contributed by atoms with E-state index in [0.717, 1.165) is 34.5 Å². The first kappa shape index (κ1) is 17.2. The molecule has 1 unspecified atom stereocenters. The topological polar surface area (TPSA) is 49.4 Å². The van der Waals surface area contributed by atoms with Crippen LogP contribution < -0.4 is 10.2 Å². The fraction of sp³-hybridized carbons (Fsp3) is 0.333. The number of nitrogens with one attached hydrogen (secondary N) is 1. The molecule has 25 heavy (non-hydrogen) atoms. The molecular weight excluding hydrogens is 312 g/mol. The molecule has 1 heterocycles. The number of benzene rings is 2. The van der Waals surface area contributed by atoms with Gasteiger partial charge in [0.1, 0.15) is 0 Å².